The first-order valence-electron chi connectivity index (χ1n) is 22.6. The fraction of sp³-hybridized carbons (Fsp3) is 0.736. The molecule has 3 nitrogen and oxygen atoms in total. The number of fused-ring (bicyclic) bond motifs is 3. The number of hydrogen-bond acceptors (Lipinski definition) is 3. The van der Waals surface area contributed by atoms with Crippen molar-refractivity contribution in [2.45, 2.75) is 224 Å². The maximum Gasteiger partial charge on any atom is 0.310 e. The van der Waals surface area contributed by atoms with Gasteiger partial charge in [-0.25, -0.2) is 0 Å². The van der Waals surface area contributed by atoms with E-state index in [9.17, 15) is 0 Å². The normalized spacial score (nSPS) is 16.2. The van der Waals surface area contributed by atoms with E-state index in [4.69, 9.17) is 8.39 Å². The Bertz CT molecular complexity index is 1780. The van der Waals surface area contributed by atoms with E-state index in [-0.39, 0.29) is 43.3 Å². The zero-order valence-electron chi connectivity index (χ0n) is 41.0. The molecule has 0 spiro atoms. The lowest BCUT2D eigenvalue weighted by Crippen LogP contribution is -2.34. The van der Waals surface area contributed by atoms with Gasteiger partial charge in [-0.3, -0.25) is 0 Å². The second-order valence-corrected chi connectivity index (χ2v) is 27.3. The summed E-state index contributed by atoms with van der Waals surface area (Å²) in [6.45, 7) is 53.3. The van der Waals surface area contributed by atoms with E-state index in [1.165, 1.54) is 65.1 Å². The summed E-state index contributed by atoms with van der Waals surface area (Å²) in [6.07, 6.45) is 12.4. The van der Waals surface area contributed by atoms with E-state index in [0.29, 0.717) is 6.04 Å². The summed E-state index contributed by atoms with van der Waals surface area (Å²) in [6, 6.07) is 10.5. The number of nitrogens with zero attached hydrogens (tertiary/aromatic N) is 1. The zero-order chi connectivity index (χ0) is 43.4. The molecule has 0 amide bonds. The summed E-state index contributed by atoms with van der Waals surface area (Å²) in [5.41, 5.74) is 7.60. The predicted molar refractivity (Wildman–Crippen MR) is 255 cm³/mol. The van der Waals surface area contributed by atoms with Crippen LogP contribution < -0.4 is 4.67 Å². The van der Waals surface area contributed by atoms with Crippen LogP contribution in [0, 0.1) is 21.7 Å². The van der Waals surface area contributed by atoms with Gasteiger partial charge in [-0.15, -0.1) is 6.58 Å². The third-order valence-electron chi connectivity index (χ3n) is 12.2. The highest BCUT2D eigenvalue weighted by Gasteiger charge is 2.38. The zero-order valence-corrected chi connectivity index (χ0v) is 41.8. The maximum atomic E-state index is 7.70. The first-order chi connectivity index (χ1) is 25.6. The van der Waals surface area contributed by atoms with Gasteiger partial charge in [-0.1, -0.05) is 176 Å². The second-order valence-electron chi connectivity index (χ2n) is 25.9. The first kappa shape index (κ1) is 47.7. The summed E-state index contributed by atoms with van der Waals surface area (Å²) < 4.78 is 18.0. The molecule has 1 aliphatic carbocycles. The van der Waals surface area contributed by atoms with E-state index in [0.717, 1.165) is 43.4 Å². The Hall–Kier alpha value is -1.96. The molecule has 0 aliphatic heterocycles. The van der Waals surface area contributed by atoms with Crippen LogP contribution in [-0.2, 0) is 21.7 Å². The molecule has 1 fully saturated rings. The minimum Gasteiger partial charge on any atom is -0.407 e. The van der Waals surface area contributed by atoms with E-state index in [2.05, 4.69) is 180 Å². The lowest BCUT2D eigenvalue weighted by atomic mass is 9.67. The van der Waals surface area contributed by atoms with Crippen molar-refractivity contribution < 1.29 is 8.39 Å². The van der Waals surface area contributed by atoms with Crippen LogP contribution in [0.1, 0.15) is 219 Å². The van der Waals surface area contributed by atoms with E-state index >= 15 is 0 Å². The molecular formula is C53H88NO2P. The highest BCUT2D eigenvalue weighted by molar-refractivity contribution is 7.39. The number of hydrogen-bond donors (Lipinski definition) is 0. The van der Waals surface area contributed by atoms with Crippen LogP contribution >= 0.6 is 8.16 Å². The summed E-state index contributed by atoms with van der Waals surface area (Å²) in [7, 11) is -1.51. The lowest BCUT2D eigenvalue weighted by molar-refractivity contribution is 0.278. The lowest BCUT2D eigenvalue weighted by Gasteiger charge is -2.37. The van der Waals surface area contributed by atoms with Crippen LogP contribution in [-0.4, -0.2) is 12.6 Å². The molecular weight excluding hydrogens is 714 g/mol. The Labute approximate surface area is 353 Å². The molecule has 1 heterocycles. The van der Waals surface area contributed by atoms with Gasteiger partial charge >= 0.3 is 8.16 Å². The minimum absolute atomic E-state index is 0.0632. The molecule has 4 heteroatoms. The molecule has 0 atom stereocenters. The van der Waals surface area contributed by atoms with Crippen molar-refractivity contribution in [2.24, 2.45) is 21.7 Å². The summed E-state index contributed by atoms with van der Waals surface area (Å²) in [5, 5.41) is 2.41. The molecule has 1 saturated carbocycles. The van der Waals surface area contributed by atoms with Gasteiger partial charge in [0.05, 0.1) is 0 Å². The SMILES string of the molecule is C=CCN(C1CCCCC1)p1oc2c(C(C)(C)CC(C)(C)C)cc(C(C)(C)CC(C)(C)C)cc2c2cc(C(C)(C)CC(C)(C)C)cc(C(C)(C)CC(C)(C)C)c2o1. The fourth-order valence-corrected chi connectivity index (χ4v) is 13.2. The highest BCUT2D eigenvalue weighted by atomic mass is 31.1. The van der Waals surface area contributed by atoms with E-state index in [1.54, 1.807) is 0 Å². The third-order valence-corrected chi connectivity index (χ3v) is 13.8. The third kappa shape index (κ3) is 12.3. The minimum atomic E-state index is -1.51. The Balaban J connectivity index is 2.41. The van der Waals surface area contributed by atoms with Crippen LogP contribution in [0.5, 0.6) is 0 Å². The van der Waals surface area contributed by atoms with Crippen molar-refractivity contribution in [3.8, 4) is 0 Å². The van der Waals surface area contributed by atoms with Gasteiger partial charge in [0.2, 0.25) is 0 Å². The monoisotopic (exact) mass is 802 g/mol. The Morgan fingerprint density at radius 2 is 0.860 bits per heavy atom. The Morgan fingerprint density at radius 3 is 1.18 bits per heavy atom. The maximum absolute atomic E-state index is 7.70. The molecule has 1 aliphatic rings. The van der Waals surface area contributed by atoms with Crippen LogP contribution in [0.2, 0.25) is 0 Å². The van der Waals surface area contributed by atoms with Gasteiger partial charge in [0.25, 0.3) is 0 Å². The molecule has 0 radical (unpaired) electrons. The number of rotatable bonds is 12. The Morgan fingerprint density at radius 1 is 0.526 bits per heavy atom. The van der Waals surface area contributed by atoms with Gasteiger partial charge in [0.15, 0.2) is 0 Å². The smallest absolute Gasteiger partial charge is 0.310 e. The summed E-state index contributed by atoms with van der Waals surface area (Å²) in [5.74, 6) is 0. The van der Waals surface area contributed by atoms with Crippen LogP contribution in [0.25, 0.3) is 21.9 Å². The van der Waals surface area contributed by atoms with Crippen molar-refractivity contribution in [1.29, 1.82) is 0 Å². The van der Waals surface area contributed by atoms with Gasteiger partial charge in [0, 0.05) is 34.5 Å². The van der Waals surface area contributed by atoms with Crippen LogP contribution in [0.4, 0.5) is 0 Å². The summed E-state index contributed by atoms with van der Waals surface area (Å²) in [4.78, 5) is 0. The molecule has 4 rings (SSSR count). The van der Waals surface area contributed by atoms with Crippen molar-refractivity contribution in [3.63, 3.8) is 0 Å². The fourth-order valence-electron chi connectivity index (χ4n) is 11.5. The van der Waals surface area contributed by atoms with Crippen molar-refractivity contribution in [1.82, 2.24) is 0 Å². The van der Waals surface area contributed by atoms with E-state index < -0.39 is 8.16 Å². The standard InChI is InChI=1S/C53H88NO2P/c1-22-28-54(39-26-24-23-25-27-39)57-55-44-40(29-37(50(14,15)33-46(2,3)4)31-42(44)52(18,19)35-48(8,9)10)41-30-38(51(16,17)34-47(5,6)7)32-43(45(41)56-57)53(20,21)36-49(11,12)13/h22,29-32,39H,1,23-28,33-36H2,2-21H3. The largest absolute Gasteiger partial charge is 0.407 e. The molecule has 57 heavy (non-hydrogen) atoms. The average molecular weight is 802 g/mol. The van der Waals surface area contributed by atoms with Gasteiger partial charge < -0.3 is 8.39 Å². The molecule has 0 bridgehead atoms. The first-order valence-corrected chi connectivity index (χ1v) is 23.7. The Kier molecular flexibility index (Phi) is 13.8. The predicted octanol–water partition coefficient (Wildman–Crippen LogP) is 17.6. The van der Waals surface area contributed by atoms with Crippen molar-refractivity contribution in [2.75, 3.05) is 11.2 Å². The number of benzene rings is 2. The highest BCUT2D eigenvalue weighted by Crippen LogP contribution is 2.51. The van der Waals surface area contributed by atoms with Gasteiger partial charge in [-0.2, -0.15) is 4.67 Å². The molecule has 3 aromatic rings. The molecule has 0 saturated heterocycles. The topological polar surface area (TPSA) is 29.5 Å². The molecule has 2 aromatic carbocycles. The van der Waals surface area contributed by atoms with Gasteiger partial charge in [0.1, 0.15) is 11.2 Å². The summed E-state index contributed by atoms with van der Waals surface area (Å²) >= 11 is 0. The molecule has 0 N–H and O–H groups in total. The van der Waals surface area contributed by atoms with Crippen molar-refractivity contribution in [3.05, 3.63) is 59.2 Å². The van der Waals surface area contributed by atoms with Crippen LogP contribution in [0.3, 0.4) is 0 Å². The molecule has 1 aromatic heterocycles. The quantitative estimate of drug-likeness (QED) is 0.171. The van der Waals surface area contributed by atoms with Crippen molar-refractivity contribution >= 4 is 30.1 Å². The van der Waals surface area contributed by atoms with Crippen LogP contribution in [0.15, 0.2) is 45.3 Å². The second kappa shape index (κ2) is 16.5. The van der Waals surface area contributed by atoms with Gasteiger partial charge in [-0.05, 0) is 105 Å². The average Bonchev–Trinajstić information content (AvgIpc) is 3.15. The molecule has 322 valence electrons. The van der Waals surface area contributed by atoms with E-state index in [1.807, 2.05) is 0 Å². The molecule has 0 unspecified atom stereocenters.